The lowest BCUT2D eigenvalue weighted by molar-refractivity contribution is -0.143. The van der Waals surface area contributed by atoms with Gasteiger partial charge in [-0.3, -0.25) is 9.80 Å². The molecule has 0 radical (unpaired) electrons. The molecule has 7 nitrogen and oxygen atoms in total. The molecule has 3 heterocycles. The van der Waals surface area contributed by atoms with E-state index in [-0.39, 0.29) is 18.7 Å². The number of aryl methyl sites for hydroxylation is 1. The summed E-state index contributed by atoms with van der Waals surface area (Å²) in [4.78, 5) is 21.2. The number of aromatic nitrogens is 2. The van der Waals surface area contributed by atoms with Crippen LogP contribution in [0.5, 0.6) is 0 Å². The molecule has 0 saturated heterocycles. The van der Waals surface area contributed by atoms with E-state index in [1.54, 1.807) is 25.3 Å². The number of hydrogen-bond acceptors (Lipinski definition) is 6. The molecule has 0 saturated carbocycles. The Labute approximate surface area is 170 Å². The number of nitrogens with two attached hydrogens (primary N) is 2. The maximum atomic E-state index is 14.4. The zero-order valence-corrected chi connectivity index (χ0v) is 16.2. The van der Waals surface area contributed by atoms with Gasteiger partial charge in [0.2, 0.25) is 0 Å². The first kappa shape index (κ1) is 21.5. The summed E-state index contributed by atoms with van der Waals surface area (Å²) in [7, 11) is 0. The van der Waals surface area contributed by atoms with Crippen molar-refractivity contribution < 1.29 is 22.4 Å². The summed E-state index contributed by atoms with van der Waals surface area (Å²) >= 11 is 0. The quantitative estimate of drug-likeness (QED) is 0.446. The maximum Gasteiger partial charge on any atom is 0.436 e. The molecule has 0 bridgehead atoms. The van der Waals surface area contributed by atoms with Crippen LogP contribution in [0.15, 0.2) is 42.0 Å². The van der Waals surface area contributed by atoms with Crippen LogP contribution in [0, 0.1) is 12.7 Å². The molecule has 3 rings (SSSR count). The molecule has 0 spiro atoms. The number of carbonyl (C=O) groups is 1. The van der Waals surface area contributed by atoms with E-state index in [2.05, 4.69) is 9.97 Å². The predicted molar refractivity (Wildman–Crippen MR) is 101 cm³/mol. The van der Waals surface area contributed by atoms with Crippen molar-refractivity contribution in [1.29, 1.82) is 0 Å². The molecule has 160 valence electrons. The fourth-order valence-corrected chi connectivity index (χ4v) is 3.26. The summed E-state index contributed by atoms with van der Waals surface area (Å²) in [6, 6.07) is 3.75. The summed E-state index contributed by atoms with van der Waals surface area (Å²) < 4.78 is 53.1. The SMILES string of the molecule is Cc1ccnc(N(N)C2=C(N)C(C)N(C(=O)c3ccnc(C(F)(F)F)c3F)CC2)c1. The Morgan fingerprint density at radius 2 is 1.93 bits per heavy atom. The van der Waals surface area contributed by atoms with Gasteiger partial charge in [0.25, 0.3) is 5.91 Å². The third-order valence-corrected chi connectivity index (χ3v) is 4.93. The molecular weight excluding hydrogens is 404 g/mol. The van der Waals surface area contributed by atoms with Gasteiger partial charge in [0.1, 0.15) is 5.82 Å². The number of pyridine rings is 2. The van der Waals surface area contributed by atoms with Gasteiger partial charge >= 0.3 is 6.18 Å². The number of carbonyl (C=O) groups excluding carboxylic acids is 1. The van der Waals surface area contributed by atoms with Crippen molar-refractivity contribution in [2.24, 2.45) is 11.6 Å². The summed E-state index contributed by atoms with van der Waals surface area (Å²) in [6.07, 6.45) is -2.45. The minimum atomic E-state index is -5.01. The van der Waals surface area contributed by atoms with E-state index in [0.29, 0.717) is 11.5 Å². The Morgan fingerprint density at radius 1 is 1.27 bits per heavy atom. The largest absolute Gasteiger partial charge is 0.436 e. The number of halogens is 4. The van der Waals surface area contributed by atoms with Gasteiger partial charge in [-0.05, 0) is 37.6 Å². The molecule has 4 N–H and O–H groups in total. The van der Waals surface area contributed by atoms with Crippen LogP contribution in [-0.2, 0) is 6.18 Å². The molecule has 30 heavy (non-hydrogen) atoms. The van der Waals surface area contributed by atoms with E-state index in [1.165, 1.54) is 9.91 Å². The summed E-state index contributed by atoms with van der Waals surface area (Å²) in [5.74, 6) is 3.99. The van der Waals surface area contributed by atoms with Crippen LogP contribution in [0.3, 0.4) is 0 Å². The third kappa shape index (κ3) is 3.92. The van der Waals surface area contributed by atoms with Crippen molar-refractivity contribution in [1.82, 2.24) is 14.9 Å². The normalized spacial score (nSPS) is 17.3. The molecule has 0 aliphatic carbocycles. The van der Waals surface area contributed by atoms with Crippen LogP contribution in [0.4, 0.5) is 23.4 Å². The van der Waals surface area contributed by atoms with Gasteiger partial charge in [-0.1, -0.05) is 0 Å². The Kier molecular flexibility index (Phi) is 5.66. The van der Waals surface area contributed by atoms with Crippen LogP contribution < -0.4 is 16.6 Å². The van der Waals surface area contributed by atoms with Crippen molar-refractivity contribution in [2.75, 3.05) is 11.6 Å². The second kappa shape index (κ2) is 7.90. The highest BCUT2D eigenvalue weighted by Gasteiger charge is 2.39. The van der Waals surface area contributed by atoms with Gasteiger partial charge < -0.3 is 10.6 Å². The average molecular weight is 424 g/mol. The lowest BCUT2D eigenvalue weighted by Crippen LogP contribution is -2.49. The highest BCUT2D eigenvalue weighted by atomic mass is 19.4. The molecule has 1 atom stereocenters. The minimum absolute atomic E-state index is 0.0820. The van der Waals surface area contributed by atoms with Crippen molar-refractivity contribution in [2.45, 2.75) is 32.5 Å². The van der Waals surface area contributed by atoms with Gasteiger partial charge in [0, 0.05) is 25.4 Å². The highest BCUT2D eigenvalue weighted by Crippen LogP contribution is 2.32. The van der Waals surface area contributed by atoms with E-state index in [1.807, 2.05) is 6.92 Å². The first-order valence-electron chi connectivity index (χ1n) is 9.01. The predicted octanol–water partition coefficient (Wildman–Crippen LogP) is 2.73. The Hall–Kier alpha value is -3.21. The van der Waals surface area contributed by atoms with Crippen LogP contribution in [0.25, 0.3) is 0 Å². The summed E-state index contributed by atoms with van der Waals surface area (Å²) in [6.45, 7) is 3.55. The van der Waals surface area contributed by atoms with Crippen molar-refractivity contribution in [3.63, 3.8) is 0 Å². The van der Waals surface area contributed by atoms with Gasteiger partial charge in [0.15, 0.2) is 11.5 Å². The molecule has 11 heteroatoms. The number of hydrazine groups is 1. The van der Waals surface area contributed by atoms with Gasteiger partial charge in [-0.15, -0.1) is 0 Å². The molecular formula is C19H20F4N6O. The number of nitrogens with zero attached hydrogens (tertiary/aromatic N) is 4. The number of anilines is 1. The lowest BCUT2D eigenvalue weighted by atomic mass is 10.0. The summed E-state index contributed by atoms with van der Waals surface area (Å²) in [5.41, 5.74) is 5.44. The number of rotatable bonds is 3. The highest BCUT2D eigenvalue weighted by molar-refractivity contribution is 5.95. The monoisotopic (exact) mass is 424 g/mol. The Morgan fingerprint density at radius 3 is 2.57 bits per heavy atom. The molecule has 1 aliphatic rings. The fraction of sp³-hybridized carbons (Fsp3) is 0.316. The van der Waals surface area contributed by atoms with Crippen molar-refractivity contribution in [3.05, 3.63) is 64.6 Å². The first-order valence-corrected chi connectivity index (χ1v) is 9.01. The fourth-order valence-electron chi connectivity index (χ4n) is 3.26. The lowest BCUT2D eigenvalue weighted by Gasteiger charge is -2.37. The number of alkyl halides is 3. The molecule has 2 aromatic rings. The Bertz CT molecular complexity index is 1010. The zero-order chi connectivity index (χ0) is 22.2. The van der Waals surface area contributed by atoms with E-state index in [9.17, 15) is 22.4 Å². The van der Waals surface area contributed by atoms with Crippen LogP contribution >= 0.6 is 0 Å². The second-order valence-electron chi connectivity index (χ2n) is 6.91. The summed E-state index contributed by atoms with van der Waals surface area (Å²) in [5, 5.41) is 1.31. The van der Waals surface area contributed by atoms with Gasteiger partial charge in [-0.25, -0.2) is 20.2 Å². The van der Waals surface area contributed by atoms with Crippen molar-refractivity contribution >= 4 is 11.7 Å². The van der Waals surface area contributed by atoms with Crippen LogP contribution in [0.1, 0.15) is 35.0 Å². The molecule has 2 aromatic heterocycles. The number of hydrogen-bond donors (Lipinski definition) is 2. The van der Waals surface area contributed by atoms with E-state index < -0.39 is 35.2 Å². The Balaban J connectivity index is 1.90. The van der Waals surface area contributed by atoms with E-state index in [4.69, 9.17) is 11.6 Å². The van der Waals surface area contributed by atoms with Crippen LogP contribution in [0.2, 0.25) is 0 Å². The molecule has 1 amide bonds. The topological polar surface area (TPSA) is 101 Å². The second-order valence-corrected chi connectivity index (χ2v) is 6.91. The van der Waals surface area contributed by atoms with Crippen LogP contribution in [-0.4, -0.2) is 33.4 Å². The standard InChI is InChI=1S/C19H20F4N6O/c1-10-3-6-26-14(9-10)29(25)13-5-8-28(11(2)16(13)24)18(30)12-4-7-27-17(15(12)20)19(21,22)23/h3-4,6-7,9,11H,5,8,24-25H2,1-2H3. The number of amides is 1. The third-order valence-electron chi connectivity index (χ3n) is 4.93. The minimum Gasteiger partial charge on any atom is -0.399 e. The van der Waals surface area contributed by atoms with E-state index >= 15 is 0 Å². The van der Waals surface area contributed by atoms with E-state index in [0.717, 1.165) is 17.8 Å². The first-order chi connectivity index (χ1) is 14.0. The molecule has 1 unspecified atom stereocenters. The molecule has 0 fully saturated rings. The maximum absolute atomic E-state index is 14.4. The van der Waals surface area contributed by atoms with Gasteiger partial charge in [0.05, 0.1) is 23.0 Å². The zero-order valence-electron chi connectivity index (χ0n) is 16.2. The van der Waals surface area contributed by atoms with Crippen molar-refractivity contribution in [3.8, 4) is 0 Å². The molecule has 0 aromatic carbocycles. The smallest absolute Gasteiger partial charge is 0.399 e. The average Bonchev–Trinajstić information content (AvgIpc) is 2.68. The van der Waals surface area contributed by atoms with Gasteiger partial charge in [-0.2, -0.15) is 13.2 Å². The molecule has 1 aliphatic heterocycles.